The van der Waals surface area contributed by atoms with Crippen molar-refractivity contribution in [1.29, 1.82) is 0 Å². The highest BCUT2D eigenvalue weighted by Gasteiger charge is 2.36. The van der Waals surface area contributed by atoms with Gasteiger partial charge in [0.1, 0.15) is 13.3 Å². The molecule has 5 nitrogen and oxygen atoms in total. The second-order valence-electron chi connectivity index (χ2n) is 2.90. The zero-order valence-electron chi connectivity index (χ0n) is 7.45. The third kappa shape index (κ3) is 3.34. The summed E-state index contributed by atoms with van der Waals surface area (Å²) in [6.45, 7) is -2.45. The SMILES string of the molecule is O=C1CCS(=O)(=O)N1COCC(F)(F)F. The van der Waals surface area contributed by atoms with Crippen molar-refractivity contribution in [2.24, 2.45) is 0 Å². The van der Waals surface area contributed by atoms with Crippen LogP contribution in [0.1, 0.15) is 6.42 Å². The molecule has 0 radical (unpaired) electrons. The molecule has 1 amide bonds. The summed E-state index contributed by atoms with van der Waals surface area (Å²) in [5, 5.41) is 0. The van der Waals surface area contributed by atoms with Crippen molar-refractivity contribution >= 4 is 15.9 Å². The molecule has 0 saturated carbocycles. The van der Waals surface area contributed by atoms with Gasteiger partial charge < -0.3 is 4.74 Å². The van der Waals surface area contributed by atoms with Crippen LogP contribution in [-0.2, 0) is 19.6 Å². The summed E-state index contributed by atoms with van der Waals surface area (Å²) in [6, 6.07) is 0. The summed E-state index contributed by atoms with van der Waals surface area (Å²) >= 11 is 0. The highest BCUT2D eigenvalue weighted by molar-refractivity contribution is 7.90. The fourth-order valence-electron chi connectivity index (χ4n) is 1.00. The maximum Gasteiger partial charge on any atom is 0.411 e. The van der Waals surface area contributed by atoms with Gasteiger partial charge in [0.05, 0.1) is 5.75 Å². The van der Waals surface area contributed by atoms with Gasteiger partial charge in [0.2, 0.25) is 15.9 Å². The molecular weight excluding hydrogens is 239 g/mol. The summed E-state index contributed by atoms with van der Waals surface area (Å²) in [5.41, 5.74) is 0. The second-order valence-corrected chi connectivity index (χ2v) is 4.91. The van der Waals surface area contributed by atoms with E-state index in [0.717, 1.165) is 0 Å². The van der Waals surface area contributed by atoms with E-state index in [1.165, 1.54) is 0 Å². The van der Waals surface area contributed by atoms with E-state index >= 15 is 0 Å². The molecule has 0 N–H and O–H groups in total. The number of nitrogens with zero attached hydrogens (tertiary/aromatic N) is 1. The van der Waals surface area contributed by atoms with E-state index in [9.17, 15) is 26.4 Å². The number of rotatable bonds is 3. The molecule has 1 saturated heterocycles. The fraction of sp³-hybridized carbons (Fsp3) is 0.833. The van der Waals surface area contributed by atoms with E-state index in [1.807, 2.05) is 0 Å². The first-order valence-electron chi connectivity index (χ1n) is 3.90. The smallest absolute Gasteiger partial charge is 0.351 e. The molecule has 0 aromatic rings. The minimum absolute atomic E-state index is 0.211. The van der Waals surface area contributed by atoms with Crippen molar-refractivity contribution in [1.82, 2.24) is 4.31 Å². The topological polar surface area (TPSA) is 63.7 Å². The molecule has 1 fully saturated rings. The van der Waals surface area contributed by atoms with Crippen molar-refractivity contribution in [2.45, 2.75) is 12.6 Å². The number of hydrogen-bond donors (Lipinski definition) is 0. The zero-order chi connectivity index (χ0) is 11.7. The molecule has 0 bridgehead atoms. The first-order valence-corrected chi connectivity index (χ1v) is 5.51. The first-order chi connectivity index (χ1) is 6.72. The van der Waals surface area contributed by atoms with Gasteiger partial charge in [0.25, 0.3) is 0 Å². The summed E-state index contributed by atoms with van der Waals surface area (Å²) in [4.78, 5) is 10.9. The lowest BCUT2D eigenvalue weighted by molar-refractivity contribution is -0.180. The maximum absolute atomic E-state index is 11.6. The van der Waals surface area contributed by atoms with Crippen molar-refractivity contribution in [3.63, 3.8) is 0 Å². The van der Waals surface area contributed by atoms with E-state index < -0.39 is 35.4 Å². The molecule has 0 aromatic heterocycles. The van der Waals surface area contributed by atoms with Gasteiger partial charge in [-0.1, -0.05) is 0 Å². The fourth-order valence-corrected chi connectivity index (χ4v) is 2.29. The number of alkyl halides is 3. The lowest BCUT2D eigenvalue weighted by Gasteiger charge is -2.15. The van der Waals surface area contributed by atoms with Gasteiger partial charge in [0, 0.05) is 6.42 Å². The molecule has 1 heterocycles. The third-order valence-corrected chi connectivity index (χ3v) is 3.36. The Morgan fingerprint density at radius 1 is 1.40 bits per heavy atom. The molecule has 0 unspecified atom stereocenters. The Balaban J connectivity index is 2.48. The molecule has 1 aliphatic rings. The van der Waals surface area contributed by atoms with Gasteiger partial charge in [0.15, 0.2) is 0 Å². The Bertz CT molecular complexity index is 350. The number of ether oxygens (including phenoxy) is 1. The summed E-state index contributed by atoms with van der Waals surface area (Å²) < 4.78 is 61.5. The Morgan fingerprint density at radius 3 is 2.40 bits per heavy atom. The van der Waals surface area contributed by atoms with Gasteiger partial charge in [-0.15, -0.1) is 0 Å². The number of sulfonamides is 1. The third-order valence-electron chi connectivity index (χ3n) is 1.66. The van der Waals surface area contributed by atoms with Crippen LogP contribution in [0.4, 0.5) is 13.2 Å². The molecule has 0 aromatic carbocycles. The summed E-state index contributed by atoms with van der Waals surface area (Å²) in [6.07, 6.45) is -4.75. The van der Waals surface area contributed by atoms with Gasteiger partial charge in [-0.25, -0.2) is 12.7 Å². The summed E-state index contributed by atoms with van der Waals surface area (Å²) in [7, 11) is -3.76. The van der Waals surface area contributed by atoms with Crippen LogP contribution < -0.4 is 0 Å². The van der Waals surface area contributed by atoms with Crippen molar-refractivity contribution in [2.75, 3.05) is 19.1 Å². The van der Waals surface area contributed by atoms with Crippen molar-refractivity contribution in [3.05, 3.63) is 0 Å². The average Bonchev–Trinajstić information content (AvgIpc) is 2.29. The lowest BCUT2D eigenvalue weighted by Crippen LogP contribution is -2.33. The van der Waals surface area contributed by atoms with E-state index in [4.69, 9.17) is 0 Å². The number of hydrogen-bond acceptors (Lipinski definition) is 4. The van der Waals surface area contributed by atoms with Crippen LogP contribution >= 0.6 is 0 Å². The second kappa shape index (κ2) is 3.97. The largest absolute Gasteiger partial charge is 0.411 e. The predicted octanol–water partition coefficient (Wildman–Crippen LogP) is 0.0849. The zero-order valence-corrected chi connectivity index (χ0v) is 8.27. The van der Waals surface area contributed by atoms with Crippen molar-refractivity contribution in [3.8, 4) is 0 Å². The quantitative estimate of drug-likeness (QED) is 0.708. The lowest BCUT2D eigenvalue weighted by atomic mass is 10.5. The van der Waals surface area contributed by atoms with Crippen LogP contribution in [-0.4, -0.2) is 43.9 Å². The van der Waals surface area contributed by atoms with Crippen LogP contribution in [0.3, 0.4) is 0 Å². The molecule has 0 aliphatic carbocycles. The van der Waals surface area contributed by atoms with Gasteiger partial charge in [-0.05, 0) is 0 Å². The standard InChI is InChI=1S/C6H8F3NO4S/c7-6(8,9)3-14-4-10-5(11)1-2-15(10,12)13/h1-4H2. The Labute approximate surface area is 83.9 Å². The van der Waals surface area contributed by atoms with Crippen molar-refractivity contribution < 1.29 is 31.1 Å². The van der Waals surface area contributed by atoms with Gasteiger partial charge in [-0.3, -0.25) is 4.79 Å². The van der Waals surface area contributed by atoms with Crippen LogP contribution in [0.5, 0.6) is 0 Å². The Kier molecular flexibility index (Phi) is 3.24. The molecular formula is C6H8F3NO4S. The number of amides is 1. The highest BCUT2D eigenvalue weighted by atomic mass is 32.2. The van der Waals surface area contributed by atoms with Crippen LogP contribution in [0.15, 0.2) is 0 Å². The molecule has 1 aliphatic heterocycles. The molecule has 15 heavy (non-hydrogen) atoms. The van der Waals surface area contributed by atoms with E-state index in [0.29, 0.717) is 4.31 Å². The predicted molar refractivity (Wildman–Crippen MR) is 42.1 cm³/mol. The molecule has 1 rings (SSSR count). The first kappa shape index (κ1) is 12.2. The minimum atomic E-state index is -4.54. The van der Waals surface area contributed by atoms with Crippen LogP contribution in [0.2, 0.25) is 0 Å². The normalized spacial score (nSPS) is 21.0. The minimum Gasteiger partial charge on any atom is -0.351 e. The van der Waals surface area contributed by atoms with E-state index in [-0.39, 0.29) is 12.2 Å². The maximum atomic E-state index is 11.6. The summed E-state index contributed by atoms with van der Waals surface area (Å²) in [5.74, 6) is -1.11. The molecule has 9 heteroatoms. The number of carbonyl (C=O) groups is 1. The molecule has 0 spiro atoms. The molecule has 0 atom stereocenters. The van der Waals surface area contributed by atoms with Crippen LogP contribution in [0.25, 0.3) is 0 Å². The molecule has 88 valence electrons. The highest BCUT2D eigenvalue weighted by Crippen LogP contribution is 2.17. The van der Waals surface area contributed by atoms with Crippen LogP contribution in [0, 0.1) is 0 Å². The van der Waals surface area contributed by atoms with Gasteiger partial charge >= 0.3 is 6.18 Å². The van der Waals surface area contributed by atoms with E-state index in [1.54, 1.807) is 0 Å². The number of carbonyl (C=O) groups excluding carboxylic acids is 1. The Hall–Kier alpha value is -0.830. The average molecular weight is 247 g/mol. The monoisotopic (exact) mass is 247 g/mol. The van der Waals surface area contributed by atoms with Gasteiger partial charge in [-0.2, -0.15) is 13.2 Å². The number of halogens is 3. The van der Waals surface area contributed by atoms with E-state index in [2.05, 4.69) is 4.74 Å². The Morgan fingerprint density at radius 2 is 2.00 bits per heavy atom.